The van der Waals surface area contributed by atoms with E-state index in [4.69, 9.17) is 0 Å². The van der Waals surface area contributed by atoms with Crippen LogP contribution in [0.15, 0.2) is 231 Å². The molecule has 9 aromatic carbocycles. The fraction of sp³-hybridized carbons (Fsp3) is 0. The highest BCUT2D eigenvalue weighted by Crippen LogP contribution is 2.48. The van der Waals surface area contributed by atoms with Crippen LogP contribution in [0.25, 0.3) is 47.7 Å². The number of hydrogen-bond donors (Lipinski definition) is 0. The molecule has 2 nitrogen and oxygen atoms in total. The Bertz CT molecular complexity index is 3130. The van der Waals surface area contributed by atoms with Gasteiger partial charge in [0, 0.05) is 42.3 Å². The van der Waals surface area contributed by atoms with Gasteiger partial charge in [-0.05, 0) is 81.4 Å². The highest BCUT2D eigenvalue weighted by Gasteiger charge is 2.41. The van der Waals surface area contributed by atoms with Crippen LogP contribution < -0.4 is 25.6 Å². The highest BCUT2D eigenvalue weighted by molar-refractivity contribution is 7.26. The number of hydrogen-bond acceptors (Lipinski definition) is 2. The van der Waals surface area contributed by atoms with Gasteiger partial charge in [-0.25, -0.2) is 0 Å². The van der Waals surface area contributed by atoms with E-state index in [1.165, 1.54) is 68.4 Å². The Kier molecular flexibility index (Phi) is 8.39. The Morgan fingerprint density at radius 3 is 1.52 bits per heavy atom. The zero-order valence-electron chi connectivity index (χ0n) is 31.7. The van der Waals surface area contributed by atoms with E-state index in [1.54, 1.807) is 0 Å². The van der Waals surface area contributed by atoms with E-state index in [0.29, 0.717) is 0 Å². The van der Waals surface area contributed by atoms with Crippen molar-refractivity contribution in [1.82, 2.24) is 4.57 Å². The number of benzene rings is 9. The SMILES string of the molecule is c1ccc(-n2c3ccccc3c3c(N(c4cccc([Si](c5ccccc5)(c5ccccc5)c5ccccc5)c4)c4cccc5sc6ccccc6c45)cccc32)cc1. The van der Waals surface area contributed by atoms with Crippen molar-refractivity contribution in [2.45, 2.75) is 0 Å². The molecule has 0 aliphatic carbocycles. The van der Waals surface area contributed by atoms with E-state index >= 15 is 0 Å². The molecule has 2 aromatic heterocycles. The Balaban J connectivity index is 1.26. The van der Waals surface area contributed by atoms with Crippen molar-refractivity contribution in [3.05, 3.63) is 231 Å². The first-order valence-corrected chi connectivity index (χ1v) is 22.7. The molecule has 11 aromatic rings. The van der Waals surface area contributed by atoms with Gasteiger partial charge in [-0.2, -0.15) is 0 Å². The first kappa shape index (κ1) is 34.3. The van der Waals surface area contributed by atoms with E-state index in [0.717, 1.165) is 17.1 Å². The maximum atomic E-state index is 2.55. The third-order valence-corrected chi connectivity index (χ3v) is 17.6. The minimum atomic E-state index is -2.83. The van der Waals surface area contributed by atoms with E-state index in [1.807, 2.05) is 11.3 Å². The van der Waals surface area contributed by atoms with Gasteiger partial charge < -0.3 is 9.47 Å². The molecule has 0 fully saturated rings. The van der Waals surface area contributed by atoms with Crippen LogP contribution in [-0.4, -0.2) is 12.6 Å². The molecule has 0 spiro atoms. The van der Waals surface area contributed by atoms with Crippen LogP contribution in [0.5, 0.6) is 0 Å². The predicted molar refractivity (Wildman–Crippen MR) is 252 cm³/mol. The summed E-state index contributed by atoms with van der Waals surface area (Å²) >= 11 is 1.87. The van der Waals surface area contributed by atoms with Gasteiger partial charge in [0.05, 0.1) is 22.4 Å². The first-order valence-electron chi connectivity index (χ1n) is 19.9. The summed E-state index contributed by atoms with van der Waals surface area (Å²) in [7, 11) is -2.83. The quantitative estimate of drug-likeness (QED) is 0.110. The van der Waals surface area contributed by atoms with Gasteiger partial charge in [0.1, 0.15) is 0 Å². The van der Waals surface area contributed by atoms with E-state index in [2.05, 4.69) is 240 Å². The van der Waals surface area contributed by atoms with Gasteiger partial charge in [-0.3, -0.25) is 0 Å². The van der Waals surface area contributed by atoms with Crippen molar-refractivity contribution >= 4 is 99.2 Å². The van der Waals surface area contributed by atoms with E-state index in [-0.39, 0.29) is 0 Å². The maximum Gasteiger partial charge on any atom is 0.179 e. The van der Waals surface area contributed by atoms with Crippen LogP contribution in [0, 0.1) is 0 Å². The molecule has 2 heterocycles. The van der Waals surface area contributed by atoms with Crippen LogP contribution in [0.2, 0.25) is 0 Å². The number of thiophene rings is 1. The number of para-hydroxylation sites is 2. The Morgan fingerprint density at radius 2 is 0.845 bits per heavy atom. The highest BCUT2D eigenvalue weighted by atomic mass is 32.1. The van der Waals surface area contributed by atoms with Crippen molar-refractivity contribution in [2.24, 2.45) is 0 Å². The maximum absolute atomic E-state index is 2.83. The third kappa shape index (κ3) is 5.37. The molecule has 274 valence electrons. The van der Waals surface area contributed by atoms with E-state index in [9.17, 15) is 0 Å². The second-order valence-electron chi connectivity index (χ2n) is 14.8. The summed E-state index contributed by atoms with van der Waals surface area (Å²) in [5.74, 6) is 0. The molecule has 58 heavy (non-hydrogen) atoms. The molecule has 0 atom stereocenters. The summed E-state index contributed by atoms with van der Waals surface area (Å²) in [5.41, 5.74) is 6.96. The number of anilines is 3. The lowest BCUT2D eigenvalue weighted by atomic mass is 10.1. The van der Waals surface area contributed by atoms with Crippen molar-refractivity contribution < 1.29 is 0 Å². The molecule has 11 rings (SSSR count). The summed E-state index contributed by atoms with van der Waals surface area (Å²) in [4.78, 5) is 2.55. The smallest absolute Gasteiger partial charge is 0.179 e. The fourth-order valence-electron chi connectivity index (χ4n) is 9.33. The zero-order chi connectivity index (χ0) is 38.5. The standard InChI is InChI=1S/C54H38N2SSi/c1-5-20-39(21-6-1)55-47-32-15-13-30-45(47)53-48(55)33-18-34-49(53)56(50-35-19-37-52-54(50)46-31-14-16-36-51(46)57-52)40-22-17-29-44(38-40)58(41-23-7-2-8-24-41,42-25-9-3-10-26-42)43-27-11-4-12-28-43/h1-38H. The van der Waals surface area contributed by atoms with Crippen LogP contribution in [0.1, 0.15) is 0 Å². The van der Waals surface area contributed by atoms with Crippen molar-refractivity contribution in [3.63, 3.8) is 0 Å². The number of aromatic nitrogens is 1. The topological polar surface area (TPSA) is 8.17 Å². The van der Waals surface area contributed by atoms with Gasteiger partial charge >= 0.3 is 0 Å². The number of rotatable bonds is 8. The van der Waals surface area contributed by atoms with Gasteiger partial charge in [-0.1, -0.05) is 170 Å². The Hall–Kier alpha value is -6.98. The molecular weight excluding hydrogens is 737 g/mol. The summed E-state index contributed by atoms with van der Waals surface area (Å²) in [5, 5.41) is 10.4. The minimum absolute atomic E-state index is 1.13. The second-order valence-corrected chi connectivity index (χ2v) is 19.7. The summed E-state index contributed by atoms with van der Waals surface area (Å²) in [6, 6.07) is 85.3. The molecule has 0 unspecified atom stereocenters. The lowest BCUT2D eigenvalue weighted by Gasteiger charge is -2.35. The average molecular weight is 775 g/mol. The minimum Gasteiger partial charge on any atom is -0.309 e. The summed E-state index contributed by atoms with van der Waals surface area (Å²) < 4.78 is 4.99. The Labute approximate surface area is 343 Å². The molecule has 4 heteroatoms. The molecule has 0 bridgehead atoms. The second kappa shape index (κ2) is 14.2. The monoisotopic (exact) mass is 774 g/mol. The summed E-state index contributed by atoms with van der Waals surface area (Å²) in [6.45, 7) is 0. The number of fused-ring (bicyclic) bond motifs is 6. The van der Waals surface area contributed by atoms with Crippen LogP contribution in [-0.2, 0) is 0 Å². The van der Waals surface area contributed by atoms with Gasteiger partial charge in [0.15, 0.2) is 8.07 Å². The molecular formula is C54H38N2SSi. The van der Waals surface area contributed by atoms with Crippen LogP contribution in [0.3, 0.4) is 0 Å². The van der Waals surface area contributed by atoms with Gasteiger partial charge in [0.25, 0.3) is 0 Å². The normalized spacial score (nSPS) is 11.8. The van der Waals surface area contributed by atoms with Crippen molar-refractivity contribution in [2.75, 3.05) is 4.90 Å². The molecule has 0 N–H and O–H groups in total. The Morgan fingerprint density at radius 1 is 0.362 bits per heavy atom. The van der Waals surface area contributed by atoms with Crippen molar-refractivity contribution in [1.29, 1.82) is 0 Å². The fourth-order valence-corrected chi connectivity index (χ4v) is 15.2. The lowest BCUT2D eigenvalue weighted by molar-refractivity contribution is 1.18. The zero-order valence-corrected chi connectivity index (χ0v) is 33.6. The van der Waals surface area contributed by atoms with Gasteiger partial charge in [-0.15, -0.1) is 11.3 Å². The molecule has 0 saturated heterocycles. The van der Waals surface area contributed by atoms with Crippen LogP contribution >= 0.6 is 11.3 Å². The average Bonchev–Trinajstić information content (AvgIpc) is 3.85. The van der Waals surface area contributed by atoms with Crippen molar-refractivity contribution in [3.8, 4) is 5.69 Å². The van der Waals surface area contributed by atoms with E-state index < -0.39 is 8.07 Å². The van der Waals surface area contributed by atoms with Gasteiger partial charge in [0.2, 0.25) is 0 Å². The summed E-state index contributed by atoms with van der Waals surface area (Å²) in [6.07, 6.45) is 0. The molecule has 0 aliphatic heterocycles. The molecule has 0 amide bonds. The van der Waals surface area contributed by atoms with Crippen LogP contribution in [0.4, 0.5) is 17.1 Å². The first-order chi connectivity index (χ1) is 28.8. The lowest BCUT2D eigenvalue weighted by Crippen LogP contribution is -2.74. The number of nitrogens with zero attached hydrogens (tertiary/aromatic N) is 2. The predicted octanol–water partition coefficient (Wildman–Crippen LogP) is 12.0. The molecule has 0 saturated carbocycles. The largest absolute Gasteiger partial charge is 0.309 e. The molecule has 0 aliphatic rings. The third-order valence-electron chi connectivity index (χ3n) is 11.7. The molecule has 0 radical (unpaired) electrons.